The molecule has 0 bridgehead atoms. The molecule has 0 aromatic heterocycles. The fraction of sp³-hybridized carbons (Fsp3) is 1.00. The maximum atomic E-state index is 11.7. The van der Waals surface area contributed by atoms with Crippen molar-refractivity contribution in [1.29, 1.82) is 0 Å². The Bertz CT molecular complexity index is 278. The average Bonchev–Trinajstić information content (AvgIpc) is 1.99. The zero-order valence-electron chi connectivity index (χ0n) is 9.52. The molecule has 0 saturated heterocycles. The van der Waals surface area contributed by atoms with Gasteiger partial charge in [-0.15, -0.1) is 11.6 Å². The highest BCUT2D eigenvalue weighted by atomic mass is 35.5. The lowest BCUT2D eigenvalue weighted by Gasteiger charge is -2.25. The molecule has 86 valence electrons. The van der Waals surface area contributed by atoms with E-state index in [0.29, 0.717) is 12.4 Å². The van der Waals surface area contributed by atoms with Gasteiger partial charge in [0, 0.05) is 12.4 Å². The van der Waals surface area contributed by atoms with Crippen molar-refractivity contribution in [2.24, 2.45) is 5.41 Å². The van der Waals surface area contributed by atoms with Crippen LogP contribution < -0.4 is 4.72 Å². The van der Waals surface area contributed by atoms with Crippen LogP contribution in [-0.4, -0.2) is 25.6 Å². The standard InChI is InChI=1S/C9H20ClNO2S/c1-8(2,3)14(12,13)11-7-9(4,5)6-10/h11H,6-7H2,1-5H3. The molecule has 1 N–H and O–H groups in total. The van der Waals surface area contributed by atoms with Crippen LogP contribution in [-0.2, 0) is 10.0 Å². The molecular weight excluding hydrogens is 222 g/mol. The first-order valence-electron chi connectivity index (χ1n) is 4.57. The maximum Gasteiger partial charge on any atom is 0.216 e. The van der Waals surface area contributed by atoms with Crippen LogP contribution in [0, 0.1) is 5.41 Å². The summed E-state index contributed by atoms with van der Waals surface area (Å²) in [6.45, 7) is 9.22. The molecule has 0 aromatic rings. The first-order valence-corrected chi connectivity index (χ1v) is 6.59. The van der Waals surface area contributed by atoms with Crippen LogP contribution in [0.4, 0.5) is 0 Å². The number of sulfonamides is 1. The van der Waals surface area contributed by atoms with Crippen molar-refractivity contribution in [3.63, 3.8) is 0 Å². The van der Waals surface area contributed by atoms with E-state index in [1.165, 1.54) is 0 Å². The van der Waals surface area contributed by atoms with Crippen molar-refractivity contribution in [2.75, 3.05) is 12.4 Å². The van der Waals surface area contributed by atoms with Crippen molar-refractivity contribution in [1.82, 2.24) is 4.72 Å². The van der Waals surface area contributed by atoms with Gasteiger partial charge in [0.15, 0.2) is 0 Å². The van der Waals surface area contributed by atoms with E-state index in [9.17, 15) is 8.42 Å². The van der Waals surface area contributed by atoms with Crippen molar-refractivity contribution in [3.05, 3.63) is 0 Å². The molecule has 14 heavy (non-hydrogen) atoms. The van der Waals surface area contributed by atoms with Crippen molar-refractivity contribution < 1.29 is 8.42 Å². The molecule has 0 amide bonds. The van der Waals surface area contributed by atoms with Crippen LogP contribution in [0.15, 0.2) is 0 Å². The van der Waals surface area contributed by atoms with E-state index >= 15 is 0 Å². The van der Waals surface area contributed by atoms with E-state index in [4.69, 9.17) is 11.6 Å². The normalized spacial score (nSPS) is 14.4. The minimum Gasteiger partial charge on any atom is -0.214 e. The Morgan fingerprint density at radius 1 is 1.14 bits per heavy atom. The zero-order chi connectivity index (χ0) is 11.6. The van der Waals surface area contributed by atoms with Crippen LogP contribution in [0.3, 0.4) is 0 Å². The molecule has 0 saturated carbocycles. The molecular formula is C9H20ClNO2S. The topological polar surface area (TPSA) is 46.2 Å². The third kappa shape index (κ3) is 4.15. The van der Waals surface area contributed by atoms with Crippen LogP contribution in [0.5, 0.6) is 0 Å². The lowest BCUT2D eigenvalue weighted by atomic mass is 9.97. The summed E-state index contributed by atoms with van der Waals surface area (Å²) in [4.78, 5) is 0. The van der Waals surface area contributed by atoms with Gasteiger partial charge in [0.2, 0.25) is 10.0 Å². The number of hydrogen-bond donors (Lipinski definition) is 1. The van der Waals surface area contributed by atoms with E-state index in [1.54, 1.807) is 20.8 Å². The molecule has 3 nitrogen and oxygen atoms in total. The number of nitrogens with one attached hydrogen (secondary N) is 1. The van der Waals surface area contributed by atoms with Crippen LogP contribution in [0.25, 0.3) is 0 Å². The number of halogens is 1. The van der Waals surface area contributed by atoms with E-state index in [2.05, 4.69) is 4.72 Å². The summed E-state index contributed by atoms with van der Waals surface area (Å²) in [7, 11) is -3.25. The quantitative estimate of drug-likeness (QED) is 0.765. The average molecular weight is 242 g/mol. The minimum atomic E-state index is -3.25. The van der Waals surface area contributed by atoms with Gasteiger partial charge < -0.3 is 0 Å². The Morgan fingerprint density at radius 2 is 1.57 bits per heavy atom. The molecule has 0 rings (SSSR count). The Morgan fingerprint density at radius 3 is 1.86 bits per heavy atom. The SMILES string of the molecule is CC(C)(CCl)CNS(=O)(=O)C(C)(C)C. The van der Waals surface area contributed by atoms with E-state index in [1.807, 2.05) is 13.8 Å². The molecule has 0 atom stereocenters. The fourth-order valence-electron chi connectivity index (χ4n) is 0.554. The molecule has 0 aliphatic heterocycles. The van der Waals surface area contributed by atoms with Gasteiger partial charge in [-0.1, -0.05) is 13.8 Å². The van der Waals surface area contributed by atoms with Gasteiger partial charge in [0.1, 0.15) is 0 Å². The Balaban J connectivity index is 4.43. The summed E-state index contributed by atoms with van der Waals surface area (Å²) >= 11 is 5.70. The van der Waals surface area contributed by atoms with Gasteiger partial charge in [0.25, 0.3) is 0 Å². The summed E-state index contributed by atoms with van der Waals surface area (Å²) < 4.78 is 25.1. The van der Waals surface area contributed by atoms with Crippen LogP contribution >= 0.6 is 11.6 Å². The molecule has 5 heteroatoms. The summed E-state index contributed by atoms with van der Waals surface area (Å²) in [5.41, 5.74) is -0.208. The molecule has 0 unspecified atom stereocenters. The third-order valence-electron chi connectivity index (χ3n) is 1.91. The molecule has 0 aromatic carbocycles. The summed E-state index contributed by atoms with van der Waals surface area (Å²) in [5.74, 6) is 0.430. The van der Waals surface area contributed by atoms with Gasteiger partial charge in [-0.25, -0.2) is 13.1 Å². The molecule has 0 aliphatic rings. The van der Waals surface area contributed by atoms with Crippen molar-refractivity contribution in [2.45, 2.75) is 39.4 Å². The highest BCUT2D eigenvalue weighted by Gasteiger charge is 2.30. The van der Waals surface area contributed by atoms with Crippen LogP contribution in [0.1, 0.15) is 34.6 Å². The summed E-state index contributed by atoms with van der Waals surface area (Å²) in [5, 5.41) is 0. The van der Waals surface area contributed by atoms with Gasteiger partial charge in [-0.3, -0.25) is 0 Å². The fourth-order valence-corrected chi connectivity index (χ4v) is 1.66. The number of rotatable bonds is 4. The zero-order valence-corrected chi connectivity index (χ0v) is 11.1. The van der Waals surface area contributed by atoms with Crippen molar-refractivity contribution in [3.8, 4) is 0 Å². The maximum absolute atomic E-state index is 11.7. The smallest absolute Gasteiger partial charge is 0.214 e. The largest absolute Gasteiger partial charge is 0.216 e. The third-order valence-corrected chi connectivity index (χ3v) is 4.77. The number of hydrogen-bond acceptors (Lipinski definition) is 2. The van der Waals surface area contributed by atoms with E-state index in [0.717, 1.165) is 0 Å². The predicted octanol–water partition coefficient (Wildman–Crippen LogP) is 1.97. The van der Waals surface area contributed by atoms with Gasteiger partial charge in [0.05, 0.1) is 4.75 Å². The first-order chi connectivity index (χ1) is 6.02. The van der Waals surface area contributed by atoms with Crippen LogP contribution in [0.2, 0.25) is 0 Å². The molecule has 0 spiro atoms. The van der Waals surface area contributed by atoms with E-state index in [-0.39, 0.29) is 5.41 Å². The molecule has 0 aliphatic carbocycles. The Labute approximate surface area is 92.3 Å². The summed E-state index contributed by atoms with van der Waals surface area (Å²) in [6.07, 6.45) is 0. The second-order valence-electron chi connectivity index (χ2n) is 5.23. The molecule has 0 heterocycles. The second-order valence-corrected chi connectivity index (χ2v) is 8.02. The minimum absolute atomic E-state index is 0.208. The highest BCUT2D eigenvalue weighted by molar-refractivity contribution is 7.90. The lowest BCUT2D eigenvalue weighted by molar-refractivity contribution is 0.410. The predicted molar refractivity (Wildman–Crippen MR) is 61.2 cm³/mol. The number of alkyl halides is 1. The first kappa shape index (κ1) is 14.2. The van der Waals surface area contributed by atoms with Gasteiger partial charge >= 0.3 is 0 Å². The van der Waals surface area contributed by atoms with Crippen molar-refractivity contribution >= 4 is 21.6 Å². The second kappa shape index (κ2) is 4.37. The van der Waals surface area contributed by atoms with E-state index < -0.39 is 14.8 Å². The highest BCUT2D eigenvalue weighted by Crippen LogP contribution is 2.18. The Kier molecular flexibility index (Phi) is 4.43. The van der Waals surface area contributed by atoms with Gasteiger partial charge in [-0.05, 0) is 26.2 Å². The monoisotopic (exact) mass is 241 g/mol. The summed E-state index contributed by atoms with van der Waals surface area (Å²) in [6, 6.07) is 0. The molecule has 0 radical (unpaired) electrons. The Hall–Kier alpha value is 0.200. The lowest BCUT2D eigenvalue weighted by Crippen LogP contribution is -2.43. The molecule has 0 fully saturated rings. The van der Waals surface area contributed by atoms with Gasteiger partial charge in [-0.2, -0.15) is 0 Å².